The van der Waals surface area contributed by atoms with E-state index in [9.17, 15) is 0 Å². The van der Waals surface area contributed by atoms with Crippen molar-refractivity contribution in [3.05, 3.63) is 0 Å². The molecule has 0 aromatic heterocycles. The van der Waals surface area contributed by atoms with Crippen LogP contribution < -0.4 is 0 Å². The van der Waals surface area contributed by atoms with Crippen LogP contribution in [0.5, 0.6) is 0 Å². The summed E-state index contributed by atoms with van der Waals surface area (Å²) in [7, 11) is 1.86. The van der Waals surface area contributed by atoms with Crippen molar-refractivity contribution in [3.63, 3.8) is 0 Å². The average Bonchev–Trinajstić information content (AvgIpc) is 2.47. The molecule has 3 heteroatoms. The van der Waals surface area contributed by atoms with Crippen molar-refractivity contribution in [2.75, 3.05) is 46.4 Å². The zero-order valence-corrected chi connectivity index (χ0v) is 12.9. The summed E-state index contributed by atoms with van der Waals surface area (Å²) in [6, 6.07) is 0. The third-order valence-electron chi connectivity index (χ3n) is 4.99. The van der Waals surface area contributed by atoms with Crippen LogP contribution in [0.25, 0.3) is 0 Å². The highest BCUT2D eigenvalue weighted by Crippen LogP contribution is 2.28. The fourth-order valence-electron chi connectivity index (χ4n) is 3.57. The summed E-state index contributed by atoms with van der Waals surface area (Å²) < 4.78 is 5.45. The summed E-state index contributed by atoms with van der Waals surface area (Å²) in [4.78, 5) is 5.29. The maximum absolute atomic E-state index is 5.45. The van der Waals surface area contributed by atoms with Gasteiger partial charge in [-0.3, -0.25) is 0 Å². The zero-order valence-electron chi connectivity index (χ0n) is 12.9. The Balaban J connectivity index is 1.57. The molecule has 2 aliphatic rings. The molecular formula is C16H32N2O. The summed E-state index contributed by atoms with van der Waals surface area (Å²) >= 11 is 0. The van der Waals surface area contributed by atoms with Gasteiger partial charge in [-0.05, 0) is 57.5 Å². The van der Waals surface area contributed by atoms with Gasteiger partial charge in [0.25, 0.3) is 0 Å². The lowest BCUT2D eigenvalue weighted by atomic mass is 9.85. The number of hydrogen-bond acceptors (Lipinski definition) is 3. The SMILES string of the molecule is CCCN1CCN(CCC2CCC(OC)CC2)CC1. The van der Waals surface area contributed by atoms with E-state index in [0.29, 0.717) is 6.10 Å². The monoisotopic (exact) mass is 268 g/mol. The molecule has 0 N–H and O–H groups in total. The van der Waals surface area contributed by atoms with E-state index >= 15 is 0 Å². The van der Waals surface area contributed by atoms with Gasteiger partial charge in [0, 0.05) is 33.3 Å². The van der Waals surface area contributed by atoms with Crippen molar-refractivity contribution in [1.29, 1.82) is 0 Å². The van der Waals surface area contributed by atoms with Crippen LogP contribution in [0.1, 0.15) is 45.4 Å². The van der Waals surface area contributed by atoms with Crippen molar-refractivity contribution < 1.29 is 4.74 Å². The second kappa shape index (κ2) is 8.23. The van der Waals surface area contributed by atoms with Crippen LogP contribution in [0.4, 0.5) is 0 Å². The predicted octanol–water partition coefficient (Wildman–Crippen LogP) is 2.61. The molecule has 1 aliphatic carbocycles. The molecule has 2 fully saturated rings. The lowest BCUT2D eigenvalue weighted by Gasteiger charge is -2.36. The Hall–Kier alpha value is -0.120. The van der Waals surface area contributed by atoms with Crippen molar-refractivity contribution in [1.82, 2.24) is 9.80 Å². The van der Waals surface area contributed by atoms with E-state index in [1.165, 1.54) is 77.8 Å². The molecule has 1 saturated carbocycles. The molecule has 0 radical (unpaired) electrons. The maximum Gasteiger partial charge on any atom is 0.0571 e. The molecule has 0 atom stereocenters. The standard InChI is InChI=1S/C16H32N2O/c1-3-9-17-11-13-18(14-12-17)10-8-15-4-6-16(19-2)7-5-15/h15-16H,3-14H2,1-2H3. The van der Waals surface area contributed by atoms with Crippen molar-refractivity contribution in [2.24, 2.45) is 5.92 Å². The normalized spacial score (nSPS) is 30.6. The first-order valence-electron chi connectivity index (χ1n) is 8.29. The third-order valence-corrected chi connectivity index (χ3v) is 4.99. The van der Waals surface area contributed by atoms with E-state index in [0.717, 1.165) is 5.92 Å². The molecule has 1 saturated heterocycles. The molecule has 0 bridgehead atoms. The van der Waals surface area contributed by atoms with Crippen LogP contribution in [0, 0.1) is 5.92 Å². The highest BCUT2D eigenvalue weighted by atomic mass is 16.5. The van der Waals surface area contributed by atoms with Gasteiger partial charge in [-0.15, -0.1) is 0 Å². The largest absolute Gasteiger partial charge is 0.381 e. The highest BCUT2D eigenvalue weighted by Gasteiger charge is 2.22. The van der Waals surface area contributed by atoms with Gasteiger partial charge < -0.3 is 14.5 Å². The van der Waals surface area contributed by atoms with Gasteiger partial charge in [0.2, 0.25) is 0 Å². The first kappa shape index (κ1) is 15.3. The molecule has 0 amide bonds. The number of rotatable bonds is 6. The van der Waals surface area contributed by atoms with Gasteiger partial charge in [-0.25, -0.2) is 0 Å². The number of piperazine rings is 1. The molecule has 0 unspecified atom stereocenters. The number of hydrogen-bond donors (Lipinski definition) is 0. The maximum atomic E-state index is 5.45. The van der Waals surface area contributed by atoms with Crippen LogP contribution in [-0.2, 0) is 4.74 Å². The highest BCUT2D eigenvalue weighted by molar-refractivity contribution is 4.76. The second-order valence-corrected chi connectivity index (χ2v) is 6.35. The summed E-state index contributed by atoms with van der Waals surface area (Å²) in [6.07, 6.45) is 8.58. The molecular weight excluding hydrogens is 236 g/mol. The topological polar surface area (TPSA) is 15.7 Å². The van der Waals surface area contributed by atoms with Crippen molar-refractivity contribution >= 4 is 0 Å². The molecule has 0 spiro atoms. The van der Waals surface area contributed by atoms with E-state index in [1.807, 2.05) is 7.11 Å². The third kappa shape index (κ3) is 5.05. The molecule has 2 rings (SSSR count). The lowest BCUT2D eigenvalue weighted by Crippen LogP contribution is -2.46. The fraction of sp³-hybridized carbons (Fsp3) is 1.00. The molecule has 112 valence electrons. The molecule has 19 heavy (non-hydrogen) atoms. The van der Waals surface area contributed by atoms with Gasteiger partial charge in [0.15, 0.2) is 0 Å². The van der Waals surface area contributed by atoms with Crippen molar-refractivity contribution in [3.8, 4) is 0 Å². The number of ether oxygens (including phenoxy) is 1. The van der Waals surface area contributed by atoms with Crippen LogP contribution in [0.15, 0.2) is 0 Å². The van der Waals surface area contributed by atoms with Gasteiger partial charge in [0.05, 0.1) is 6.10 Å². The Morgan fingerprint density at radius 1 is 0.895 bits per heavy atom. The summed E-state index contributed by atoms with van der Waals surface area (Å²) in [5, 5.41) is 0. The fourth-order valence-corrected chi connectivity index (χ4v) is 3.57. The Morgan fingerprint density at radius 3 is 2.00 bits per heavy atom. The quantitative estimate of drug-likeness (QED) is 0.736. The van der Waals surface area contributed by atoms with Gasteiger partial charge in [0.1, 0.15) is 0 Å². The predicted molar refractivity (Wildman–Crippen MR) is 80.5 cm³/mol. The first-order chi connectivity index (χ1) is 9.31. The number of methoxy groups -OCH3 is 1. The zero-order chi connectivity index (χ0) is 13.5. The van der Waals surface area contributed by atoms with E-state index in [2.05, 4.69) is 16.7 Å². The van der Waals surface area contributed by atoms with E-state index in [1.54, 1.807) is 0 Å². The first-order valence-corrected chi connectivity index (χ1v) is 8.29. The second-order valence-electron chi connectivity index (χ2n) is 6.35. The summed E-state index contributed by atoms with van der Waals surface area (Å²) in [6.45, 7) is 10.0. The summed E-state index contributed by atoms with van der Waals surface area (Å²) in [5.74, 6) is 0.958. The van der Waals surface area contributed by atoms with E-state index in [-0.39, 0.29) is 0 Å². The van der Waals surface area contributed by atoms with Crippen molar-refractivity contribution in [2.45, 2.75) is 51.6 Å². The van der Waals surface area contributed by atoms with Crippen LogP contribution in [0.3, 0.4) is 0 Å². The minimum Gasteiger partial charge on any atom is -0.381 e. The van der Waals surface area contributed by atoms with Gasteiger partial charge >= 0.3 is 0 Å². The van der Waals surface area contributed by atoms with E-state index < -0.39 is 0 Å². The Kier molecular flexibility index (Phi) is 6.62. The van der Waals surface area contributed by atoms with Gasteiger partial charge in [-0.1, -0.05) is 6.92 Å². The molecule has 1 heterocycles. The average molecular weight is 268 g/mol. The number of nitrogens with zero attached hydrogens (tertiary/aromatic N) is 2. The van der Waals surface area contributed by atoms with E-state index in [4.69, 9.17) is 4.74 Å². The van der Waals surface area contributed by atoms with Crippen LogP contribution in [-0.4, -0.2) is 62.3 Å². The smallest absolute Gasteiger partial charge is 0.0571 e. The summed E-state index contributed by atoms with van der Waals surface area (Å²) in [5.41, 5.74) is 0. The molecule has 1 aliphatic heterocycles. The van der Waals surface area contributed by atoms with Gasteiger partial charge in [-0.2, -0.15) is 0 Å². The minimum absolute atomic E-state index is 0.550. The lowest BCUT2D eigenvalue weighted by molar-refractivity contribution is 0.0518. The Morgan fingerprint density at radius 2 is 1.47 bits per heavy atom. The Bertz CT molecular complexity index is 231. The Labute approximate surface area is 119 Å². The van der Waals surface area contributed by atoms with Crippen LogP contribution in [0.2, 0.25) is 0 Å². The molecule has 0 aromatic rings. The molecule has 0 aromatic carbocycles. The van der Waals surface area contributed by atoms with Crippen LogP contribution >= 0.6 is 0 Å². The minimum atomic E-state index is 0.550. The molecule has 3 nitrogen and oxygen atoms in total.